The minimum atomic E-state index is -0.508. The number of amides is 2. The molecule has 0 saturated carbocycles. The second kappa shape index (κ2) is 5.94. The molecule has 0 radical (unpaired) electrons. The van der Waals surface area contributed by atoms with Gasteiger partial charge in [-0.05, 0) is 13.3 Å². The van der Waals surface area contributed by atoms with Gasteiger partial charge >= 0.3 is 0 Å². The standard InChI is InChI=1S/C11H18N2O2S/c1-8-4-3-5-13(6-8)11(15)10(7-16)12-9(2)14/h4,10,16H,3,5-7H2,1-2H3,(H,12,14). The Morgan fingerprint density at radius 1 is 1.62 bits per heavy atom. The van der Waals surface area contributed by atoms with Crippen molar-refractivity contribution in [1.82, 2.24) is 10.2 Å². The summed E-state index contributed by atoms with van der Waals surface area (Å²) < 4.78 is 0. The summed E-state index contributed by atoms with van der Waals surface area (Å²) in [6.45, 7) is 4.79. The molecule has 0 aliphatic carbocycles. The first kappa shape index (κ1) is 13.1. The quantitative estimate of drug-likeness (QED) is 0.562. The van der Waals surface area contributed by atoms with Gasteiger partial charge in [0.05, 0.1) is 0 Å². The highest BCUT2D eigenvalue weighted by molar-refractivity contribution is 7.80. The summed E-state index contributed by atoms with van der Waals surface area (Å²) in [6.07, 6.45) is 3.02. The van der Waals surface area contributed by atoms with Gasteiger partial charge in [0.15, 0.2) is 0 Å². The number of hydrogen-bond acceptors (Lipinski definition) is 3. The van der Waals surface area contributed by atoms with Crippen LogP contribution in [0.4, 0.5) is 0 Å². The Morgan fingerprint density at radius 2 is 2.31 bits per heavy atom. The Kier molecular flexibility index (Phi) is 4.86. The van der Waals surface area contributed by atoms with E-state index in [0.717, 1.165) is 13.0 Å². The molecule has 5 heteroatoms. The topological polar surface area (TPSA) is 49.4 Å². The maximum absolute atomic E-state index is 12.0. The predicted octanol–water partition coefficient (Wildman–Crippen LogP) is 0.599. The lowest BCUT2D eigenvalue weighted by Crippen LogP contribution is -2.50. The first-order chi connectivity index (χ1) is 7.54. The number of rotatable bonds is 3. The van der Waals surface area contributed by atoms with Crippen LogP contribution in [0.5, 0.6) is 0 Å². The average molecular weight is 242 g/mol. The molecule has 0 saturated heterocycles. The molecule has 4 nitrogen and oxygen atoms in total. The molecule has 16 heavy (non-hydrogen) atoms. The number of hydrogen-bond donors (Lipinski definition) is 2. The molecule has 2 amide bonds. The van der Waals surface area contributed by atoms with E-state index >= 15 is 0 Å². The molecule has 1 unspecified atom stereocenters. The summed E-state index contributed by atoms with van der Waals surface area (Å²) in [6, 6.07) is -0.508. The average Bonchev–Trinajstić information content (AvgIpc) is 2.24. The highest BCUT2D eigenvalue weighted by Gasteiger charge is 2.24. The maximum Gasteiger partial charge on any atom is 0.246 e. The lowest BCUT2D eigenvalue weighted by atomic mass is 10.1. The zero-order valence-electron chi connectivity index (χ0n) is 9.69. The minimum Gasteiger partial charge on any atom is -0.344 e. The summed E-state index contributed by atoms with van der Waals surface area (Å²) in [5, 5.41) is 2.62. The molecule has 1 rings (SSSR count). The van der Waals surface area contributed by atoms with Crippen LogP contribution < -0.4 is 5.32 Å². The molecular formula is C11H18N2O2S. The largest absolute Gasteiger partial charge is 0.344 e. The van der Waals surface area contributed by atoms with Crippen LogP contribution >= 0.6 is 12.6 Å². The zero-order valence-corrected chi connectivity index (χ0v) is 10.6. The van der Waals surface area contributed by atoms with Crippen molar-refractivity contribution >= 4 is 24.4 Å². The van der Waals surface area contributed by atoms with E-state index in [1.54, 1.807) is 4.90 Å². The smallest absolute Gasteiger partial charge is 0.246 e. The van der Waals surface area contributed by atoms with Gasteiger partial charge < -0.3 is 10.2 Å². The summed E-state index contributed by atoms with van der Waals surface area (Å²) >= 11 is 4.09. The van der Waals surface area contributed by atoms with E-state index in [1.165, 1.54) is 12.5 Å². The Labute approximate surface area is 101 Å². The zero-order chi connectivity index (χ0) is 12.1. The van der Waals surface area contributed by atoms with Crippen LogP contribution in [-0.4, -0.2) is 41.6 Å². The fourth-order valence-corrected chi connectivity index (χ4v) is 2.00. The number of nitrogens with one attached hydrogen (secondary N) is 1. The molecule has 0 aromatic carbocycles. The molecule has 1 atom stereocenters. The van der Waals surface area contributed by atoms with Crippen molar-refractivity contribution in [3.63, 3.8) is 0 Å². The number of nitrogens with zero attached hydrogens (tertiary/aromatic N) is 1. The number of carbonyl (C=O) groups is 2. The van der Waals surface area contributed by atoms with E-state index in [4.69, 9.17) is 0 Å². The van der Waals surface area contributed by atoms with E-state index in [0.29, 0.717) is 12.3 Å². The third-order valence-electron chi connectivity index (χ3n) is 2.50. The second-order valence-electron chi connectivity index (χ2n) is 4.03. The fraction of sp³-hybridized carbons (Fsp3) is 0.636. The first-order valence-electron chi connectivity index (χ1n) is 5.37. The molecule has 0 bridgehead atoms. The molecule has 0 spiro atoms. The molecule has 0 fully saturated rings. The third kappa shape index (κ3) is 3.56. The van der Waals surface area contributed by atoms with Crippen LogP contribution in [0.25, 0.3) is 0 Å². The van der Waals surface area contributed by atoms with Crippen LogP contribution in [0.1, 0.15) is 20.3 Å². The second-order valence-corrected chi connectivity index (χ2v) is 4.40. The van der Waals surface area contributed by atoms with E-state index < -0.39 is 6.04 Å². The Balaban J connectivity index is 2.61. The fourth-order valence-electron chi connectivity index (χ4n) is 1.75. The van der Waals surface area contributed by atoms with Crippen LogP contribution in [0.15, 0.2) is 11.6 Å². The van der Waals surface area contributed by atoms with Gasteiger partial charge in [0, 0.05) is 25.8 Å². The van der Waals surface area contributed by atoms with Crippen molar-refractivity contribution in [2.24, 2.45) is 0 Å². The maximum atomic E-state index is 12.0. The van der Waals surface area contributed by atoms with Gasteiger partial charge in [-0.15, -0.1) is 0 Å². The SMILES string of the molecule is CC(=O)NC(CS)C(=O)N1CCC=C(C)C1. The van der Waals surface area contributed by atoms with Gasteiger partial charge in [-0.25, -0.2) is 0 Å². The van der Waals surface area contributed by atoms with Crippen LogP contribution in [0.3, 0.4) is 0 Å². The van der Waals surface area contributed by atoms with Crippen molar-refractivity contribution in [3.8, 4) is 0 Å². The Morgan fingerprint density at radius 3 is 2.81 bits per heavy atom. The third-order valence-corrected chi connectivity index (χ3v) is 2.87. The van der Waals surface area contributed by atoms with Gasteiger partial charge in [0.25, 0.3) is 0 Å². The van der Waals surface area contributed by atoms with Gasteiger partial charge in [-0.3, -0.25) is 9.59 Å². The normalized spacial score (nSPS) is 17.7. The number of carbonyl (C=O) groups excluding carboxylic acids is 2. The van der Waals surface area contributed by atoms with E-state index in [9.17, 15) is 9.59 Å². The van der Waals surface area contributed by atoms with Crippen molar-refractivity contribution in [1.29, 1.82) is 0 Å². The summed E-state index contributed by atoms with van der Waals surface area (Å²) in [4.78, 5) is 24.8. The van der Waals surface area contributed by atoms with Crippen LogP contribution in [-0.2, 0) is 9.59 Å². The monoisotopic (exact) mass is 242 g/mol. The van der Waals surface area contributed by atoms with Crippen molar-refractivity contribution in [2.45, 2.75) is 26.3 Å². The molecule has 90 valence electrons. The minimum absolute atomic E-state index is 0.0438. The lowest BCUT2D eigenvalue weighted by Gasteiger charge is -2.29. The highest BCUT2D eigenvalue weighted by Crippen LogP contribution is 2.10. The molecule has 1 N–H and O–H groups in total. The summed E-state index contributed by atoms with van der Waals surface area (Å²) in [5.74, 6) is 0.0897. The highest BCUT2D eigenvalue weighted by atomic mass is 32.1. The number of thiol groups is 1. The molecule has 1 aliphatic heterocycles. The Hall–Kier alpha value is -0.970. The van der Waals surface area contributed by atoms with Gasteiger partial charge in [0.1, 0.15) is 6.04 Å². The van der Waals surface area contributed by atoms with Gasteiger partial charge in [0.2, 0.25) is 11.8 Å². The van der Waals surface area contributed by atoms with Gasteiger partial charge in [-0.1, -0.05) is 11.6 Å². The first-order valence-corrected chi connectivity index (χ1v) is 6.00. The van der Waals surface area contributed by atoms with Crippen LogP contribution in [0.2, 0.25) is 0 Å². The van der Waals surface area contributed by atoms with Crippen LogP contribution in [0, 0.1) is 0 Å². The molecule has 1 aliphatic rings. The predicted molar refractivity (Wildman–Crippen MR) is 66.4 cm³/mol. The molecule has 0 aromatic rings. The van der Waals surface area contributed by atoms with E-state index in [1.807, 2.05) is 6.92 Å². The van der Waals surface area contributed by atoms with Crippen molar-refractivity contribution < 1.29 is 9.59 Å². The summed E-state index contributed by atoms with van der Waals surface area (Å²) in [5.41, 5.74) is 1.19. The van der Waals surface area contributed by atoms with Gasteiger partial charge in [-0.2, -0.15) is 12.6 Å². The van der Waals surface area contributed by atoms with E-state index in [2.05, 4.69) is 24.0 Å². The lowest BCUT2D eigenvalue weighted by molar-refractivity contribution is -0.135. The van der Waals surface area contributed by atoms with Crippen molar-refractivity contribution in [3.05, 3.63) is 11.6 Å². The Bertz CT molecular complexity index is 311. The van der Waals surface area contributed by atoms with Crippen molar-refractivity contribution in [2.75, 3.05) is 18.8 Å². The van der Waals surface area contributed by atoms with E-state index in [-0.39, 0.29) is 11.8 Å². The molecular weight excluding hydrogens is 224 g/mol. The molecule has 0 aromatic heterocycles. The molecule has 1 heterocycles. The summed E-state index contributed by atoms with van der Waals surface area (Å²) in [7, 11) is 0.